The molecule has 21 heavy (non-hydrogen) atoms. The van der Waals surface area contributed by atoms with Gasteiger partial charge < -0.3 is 10.4 Å². The minimum atomic E-state index is -1.13. The normalized spacial score (nSPS) is 14.0. The average Bonchev–Trinajstić information content (AvgIpc) is 2.47. The molecule has 2 unspecified atom stereocenters. The van der Waals surface area contributed by atoms with E-state index in [9.17, 15) is 13.9 Å². The van der Waals surface area contributed by atoms with E-state index >= 15 is 0 Å². The number of hydrogen-bond acceptors (Lipinski definition) is 2. The molecule has 112 valence electrons. The second-order valence-corrected chi connectivity index (χ2v) is 5.24. The number of hydrogen-bond donors (Lipinski definition) is 2. The summed E-state index contributed by atoms with van der Waals surface area (Å²) in [4.78, 5) is 0. The first-order valence-electron chi connectivity index (χ1n) is 6.60. The van der Waals surface area contributed by atoms with Crippen LogP contribution in [0.2, 0.25) is 5.02 Å². The minimum Gasteiger partial charge on any atom is -0.387 e. The Labute approximate surface area is 127 Å². The van der Waals surface area contributed by atoms with Crippen molar-refractivity contribution in [2.45, 2.75) is 19.1 Å². The van der Waals surface area contributed by atoms with Gasteiger partial charge in [0, 0.05) is 23.2 Å². The number of rotatable bonds is 5. The van der Waals surface area contributed by atoms with E-state index in [-0.39, 0.29) is 18.2 Å². The molecule has 0 spiro atoms. The van der Waals surface area contributed by atoms with Gasteiger partial charge in [-0.2, -0.15) is 0 Å². The van der Waals surface area contributed by atoms with E-state index in [1.807, 2.05) is 25.1 Å². The van der Waals surface area contributed by atoms with Gasteiger partial charge in [-0.15, -0.1) is 0 Å². The standard InChI is InChI=1S/C16H16ClF2NO/c1-10(12-4-2-3-5-14(12)17)20-9-16(21)13-8-11(18)6-7-15(13)19/h2-8,10,16,20-21H,9H2,1H3. The Morgan fingerprint density at radius 3 is 2.57 bits per heavy atom. The van der Waals surface area contributed by atoms with Crippen molar-refractivity contribution in [3.63, 3.8) is 0 Å². The lowest BCUT2D eigenvalue weighted by Crippen LogP contribution is -2.25. The number of halogens is 3. The molecule has 0 aromatic heterocycles. The van der Waals surface area contributed by atoms with Gasteiger partial charge in [-0.3, -0.25) is 0 Å². The van der Waals surface area contributed by atoms with E-state index in [4.69, 9.17) is 11.6 Å². The van der Waals surface area contributed by atoms with Crippen LogP contribution in [0.5, 0.6) is 0 Å². The zero-order valence-corrected chi connectivity index (χ0v) is 12.2. The molecule has 0 fully saturated rings. The summed E-state index contributed by atoms with van der Waals surface area (Å²) in [7, 11) is 0. The Balaban J connectivity index is 2.02. The predicted molar refractivity (Wildman–Crippen MR) is 79.2 cm³/mol. The third-order valence-corrected chi connectivity index (χ3v) is 3.65. The SMILES string of the molecule is CC(NCC(O)c1cc(F)ccc1F)c1ccccc1Cl. The smallest absolute Gasteiger partial charge is 0.129 e. The minimum absolute atomic E-state index is 0.0612. The Morgan fingerprint density at radius 1 is 1.14 bits per heavy atom. The molecule has 2 atom stereocenters. The summed E-state index contributed by atoms with van der Waals surface area (Å²) >= 11 is 6.09. The Morgan fingerprint density at radius 2 is 1.86 bits per heavy atom. The highest BCUT2D eigenvalue weighted by atomic mass is 35.5. The second kappa shape index (κ2) is 6.98. The molecular formula is C16H16ClF2NO. The van der Waals surface area contributed by atoms with Crippen LogP contribution in [0.15, 0.2) is 42.5 Å². The van der Waals surface area contributed by atoms with Crippen molar-refractivity contribution in [3.05, 3.63) is 70.2 Å². The Kier molecular flexibility index (Phi) is 5.28. The lowest BCUT2D eigenvalue weighted by Gasteiger charge is -2.19. The summed E-state index contributed by atoms with van der Waals surface area (Å²) in [5, 5.41) is 13.7. The number of aliphatic hydroxyl groups excluding tert-OH is 1. The molecule has 0 bridgehead atoms. The maximum atomic E-state index is 13.6. The Hall–Kier alpha value is -1.49. The fourth-order valence-corrected chi connectivity index (χ4v) is 2.40. The summed E-state index contributed by atoms with van der Waals surface area (Å²) in [6.45, 7) is 1.97. The van der Waals surface area contributed by atoms with Crippen molar-refractivity contribution in [1.29, 1.82) is 0 Å². The molecule has 0 saturated heterocycles. The van der Waals surface area contributed by atoms with Crippen LogP contribution in [-0.2, 0) is 0 Å². The molecule has 2 rings (SSSR count). The van der Waals surface area contributed by atoms with Gasteiger partial charge in [0.25, 0.3) is 0 Å². The van der Waals surface area contributed by atoms with Crippen molar-refractivity contribution in [1.82, 2.24) is 5.32 Å². The molecule has 2 aromatic rings. The van der Waals surface area contributed by atoms with Crippen molar-refractivity contribution in [2.75, 3.05) is 6.54 Å². The zero-order valence-electron chi connectivity index (χ0n) is 11.5. The number of aliphatic hydroxyl groups is 1. The Bertz CT molecular complexity index is 621. The monoisotopic (exact) mass is 311 g/mol. The van der Waals surface area contributed by atoms with Crippen LogP contribution in [0.4, 0.5) is 8.78 Å². The van der Waals surface area contributed by atoms with Crippen molar-refractivity contribution < 1.29 is 13.9 Å². The highest BCUT2D eigenvalue weighted by Crippen LogP contribution is 2.23. The number of nitrogens with one attached hydrogen (secondary N) is 1. The second-order valence-electron chi connectivity index (χ2n) is 4.83. The first-order valence-corrected chi connectivity index (χ1v) is 6.97. The lowest BCUT2D eigenvalue weighted by atomic mass is 10.1. The van der Waals surface area contributed by atoms with Crippen LogP contribution in [0.1, 0.15) is 30.2 Å². The van der Waals surface area contributed by atoms with Gasteiger partial charge in [0.2, 0.25) is 0 Å². The van der Waals surface area contributed by atoms with Crippen LogP contribution in [0.25, 0.3) is 0 Å². The maximum Gasteiger partial charge on any atom is 0.129 e. The quantitative estimate of drug-likeness (QED) is 0.874. The van der Waals surface area contributed by atoms with E-state index in [2.05, 4.69) is 5.32 Å². The molecule has 0 aliphatic rings. The van der Waals surface area contributed by atoms with Gasteiger partial charge in [0.15, 0.2) is 0 Å². The fraction of sp³-hybridized carbons (Fsp3) is 0.250. The number of benzene rings is 2. The summed E-state index contributed by atoms with van der Waals surface area (Å²) in [5.41, 5.74) is 0.819. The van der Waals surface area contributed by atoms with Crippen LogP contribution >= 0.6 is 11.6 Å². The molecule has 0 aliphatic carbocycles. The van der Waals surface area contributed by atoms with Gasteiger partial charge in [-0.25, -0.2) is 8.78 Å². The molecule has 0 aliphatic heterocycles. The van der Waals surface area contributed by atoms with Gasteiger partial charge in [-0.1, -0.05) is 29.8 Å². The summed E-state index contributed by atoms with van der Waals surface area (Å²) in [6, 6.07) is 10.2. The van der Waals surface area contributed by atoms with E-state index in [1.165, 1.54) is 0 Å². The molecule has 5 heteroatoms. The van der Waals surface area contributed by atoms with Crippen molar-refractivity contribution in [3.8, 4) is 0 Å². The van der Waals surface area contributed by atoms with Crippen LogP contribution in [-0.4, -0.2) is 11.7 Å². The molecule has 2 aromatic carbocycles. The molecule has 2 nitrogen and oxygen atoms in total. The summed E-state index contributed by atoms with van der Waals surface area (Å²) in [5.74, 6) is -1.21. The molecule has 2 N–H and O–H groups in total. The average molecular weight is 312 g/mol. The van der Waals surface area contributed by atoms with Crippen LogP contribution in [0, 0.1) is 11.6 Å². The largest absolute Gasteiger partial charge is 0.387 e. The molecule has 0 radical (unpaired) electrons. The van der Waals surface area contributed by atoms with Gasteiger partial charge in [0.1, 0.15) is 11.6 Å². The van der Waals surface area contributed by atoms with E-state index in [0.717, 1.165) is 23.8 Å². The lowest BCUT2D eigenvalue weighted by molar-refractivity contribution is 0.166. The highest BCUT2D eigenvalue weighted by Gasteiger charge is 2.16. The third kappa shape index (κ3) is 4.00. The van der Waals surface area contributed by atoms with Crippen LogP contribution in [0.3, 0.4) is 0 Å². The molecule has 0 heterocycles. The van der Waals surface area contributed by atoms with Crippen molar-refractivity contribution >= 4 is 11.6 Å². The van der Waals surface area contributed by atoms with E-state index in [1.54, 1.807) is 6.07 Å². The molecule has 0 amide bonds. The van der Waals surface area contributed by atoms with Gasteiger partial charge >= 0.3 is 0 Å². The fourth-order valence-electron chi connectivity index (χ4n) is 2.10. The summed E-state index contributed by atoms with van der Waals surface area (Å²) in [6.07, 6.45) is -1.13. The first-order chi connectivity index (χ1) is 9.99. The summed E-state index contributed by atoms with van der Waals surface area (Å²) < 4.78 is 26.7. The molecule has 0 saturated carbocycles. The highest BCUT2D eigenvalue weighted by molar-refractivity contribution is 6.31. The predicted octanol–water partition coefficient (Wildman–Crippen LogP) is 4.00. The van der Waals surface area contributed by atoms with Gasteiger partial charge in [-0.05, 0) is 36.8 Å². The molecular weight excluding hydrogens is 296 g/mol. The van der Waals surface area contributed by atoms with Crippen molar-refractivity contribution in [2.24, 2.45) is 0 Å². The van der Waals surface area contributed by atoms with Gasteiger partial charge in [0.05, 0.1) is 6.10 Å². The third-order valence-electron chi connectivity index (χ3n) is 3.31. The maximum absolute atomic E-state index is 13.6. The first kappa shape index (κ1) is 15.9. The zero-order chi connectivity index (χ0) is 15.4. The van der Waals surface area contributed by atoms with Crippen LogP contribution < -0.4 is 5.32 Å². The van der Waals surface area contributed by atoms with E-state index < -0.39 is 17.7 Å². The topological polar surface area (TPSA) is 32.3 Å². The van der Waals surface area contributed by atoms with E-state index in [0.29, 0.717) is 5.02 Å².